The Kier molecular flexibility index (Phi) is 45.1. The highest BCUT2D eigenvalue weighted by molar-refractivity contribution is 5.71. The molecule has 0 aliphatic carbocycles. The summed E-state index contributed by atoms with van der Waals surface area (Å²) in [6, 6.07) is 0. The minimum atomic E-state index is -0.821. The van der Waals surface area contributed by atoms with Gasteiger partial charge in [-0.25, -0.2) is 0 Å². The summed E-state index contributed by atoms with van der Waals surface area (Å²) in [6.07, 6.45) is 66.2. The van der Waals surface area contributed by atoms with E-state index in [-0.39, 0.29) is 37.5 Å². The first kappa shape index (κ1) is 56.8. The zero-order chi connectivity index (χ0) is 44.4. The van der Waals surface area contributed by atoms with E-state index in [2.05, 4.69) is 142 Å². The topological polar surface area (TPSA) is 78.9 Å². The van der Waals surface area contributed by atoms with Crippen molar-refractivity contribution in [1.82, 2.24) is 0 Å². The summed E-state index contributed by atoms with van der Waals surface area (Å²) in [5.41, 5.74) is 0. The number of ether oxygens (including phenoxy) is 3. The highest BCUT2D eigenvalue weighted by Gasteiger charge is 2.19. The molecule has 0 N–H and O–H groups in total. The van der Waals surface area contributed by atoms with E-state index in [1.54, 1.807) is 0 Å². The van der Waals surface area contributed by atoms with Gasteiger partial charge in [-0.15, -0.1) is 0 Å². The van der Waals surface area contributed by atoms with Gasteiger partial charge in [0.25, 0.3) is 0 Å². The standard InChI is InChI=1S/C55H86O6/c1-4-7-10-13-16-19-22-25-26-27-28-29-30-31-34-36-39-42-45-48-54(57)60-51-52(61-55(58)49-46-43-40-37-33-24-21-18-15-12-9-6-3)50-59-53(56)47-44-41-38-35-32-23-20-17-14-11-8-5-2/h7-12,16-21,25-26,28-29,32-33,35,37,52H,4-6,13-15,22-24,27,30-31,34,36,38-51H2,1-3H3/b10-7-,11-8-,12-9-,19-16-,20-17-,21-18-,26-25-,29-28-,35-32-,37-33-. The molecule has 0 saturated heterocycles. The Hall–Kier alpha value is -4.19. The lowest BCUT2D eigenvalue weighted by atomic mass is 10.1. The predicted molar refractivity (Wildman–Crippen MR) is 260 cm³/mol. The number of carbonyl (C=O) groups excluding carboxylic acids is 3. The Balaban J connectivity index is 4.48. The quantitative estimate of drug-likeness (QED) is 0.0264. The zero-order valence-electron chi connectivity index (χ0n) is 38.9. The number of hydrogen-bond donors (Lipinski definition) is 0. The molecule has 0 aliphatic rings. The second-order valence-corrected chi connectivity index (χ2v) is 15.2. The average molecular weight is 843 g/mol. The lowest BCUT2D eigenvalue weighted by Gasteiger charge is -2.18. The number of esters is 3. The van der Waals surface area contributed by atoms with E-state index in [0.717, 1.165) is 122 Å². The molecule has 0 aromatic rings. The van der Waals surface area contributed by atoms with E-state index in [9.17, 15) is 14.4 Å². The van der Waals surface area contributed by atoms with Crippen LogP contribution < -0.4 is 0 Å². The Labute approximate surface area is 373 Å². The maximum Gasteiger partial charge on any atom is 0.306 e. The van der Waals surface area contributed by atoms with Gasteiger partial charge < -0.3 is 14.2 Å². The van der Waals surface area contributed by atoms with Gasteiger partial charge in [-0.3, -0.25) is 14.4 Å². The predicted octanol–water partition coefficient (Wildman–Crippen LogP) is 15.7. The highest BCUT2D eigenvalue weighted by atomic mass is 16.6. The fraction of sp³-hybridized carbons (Fsp3) is 0.582. The van der Waals surface area contributed by atoms with Gasteiger partial charge in [-0.2, -0.15) is 0 Å². The van der Waals surface area contributed by atoms with Crippen LogP contribution in [0.1, 0.15) is 188 Å². The molecular formula is C55H86O6. The van der Waals surface area contributed by atoms with Gasteiger partial charge in [0.2, 0.25) is 0 Å². The van der Waals surface area contributed by atoms with E-state index in [0.29, 0.717) is 25.7 Å². The van der Waals surface area contributed by atoms with E-state index in [4.69, 9.17) is 14.2 Å². The van der Waals surface area contributed by atoms with Crippen molar-refractivity contribution in [3.63, 3.8) is 0 Å². The number of allylic oxidation sites excluding steroid dienone is 20. The molecule has 0 aromatic heterocycles. The summed E-state index contributed by atoms with van der Waals surface area (Å²) >= 11 is 0. The number of hydrogen-bond acceptors (Lipinski definition) is 6. The van der Waals surface area contributed by atoms with Crippen molar-refractivity contribution in [2.75, 3.05) is 13.2 Å². The second-order valence-electron chi connectivity index (χ2n) is 15.2. The van der Waals surface area contributed by atoms with E-state index >= 15 is 0 Å². The number of rotatable bonds is 41. The van der Waals surface area contributed by atoms with Crippen molar-refractivity contribution in [2.24, 2.45) is 0 Å². The molecule has 0 saturated carbocycles. The lowest BCUT2D eigenvalue weighted by Crippen LogP contribution is -2.30. The molecule has 0 aliphatic heterocycles. The molecule has 1 atom stereocenters. The van der Waals surface area contributed by atoms with Gasteiger partial charge in [-0.1, -0.05) is 168 Å². The highest BCUT2D eigenvalue weighted by Crippen LogP contribution is 2.12. The van der Waals surface area contributed by atoms with Gasteiger partial charge in [0, 0.05) is 19.3 Å². The van der Waals surface area contributed by atoms with Crippen LogP contribution in [0.3, 0.4) is 0 Å². The minimum absolute atomic E-state index is 0.117. The van der Waals surface area contributed by atoms with Crippen molar-refractivity contribution in [2.45, 2.75) is 194 Å². The Morgan fingerprint density at radius 1 is 0.328 bits per heavy atom. The summed E-state index contributed by atoms with van der Waals surface area (Å²) < 4.78 is 16.7. The van der Waals surface area contributed by atoms with Crippen molar-refractivity contribution >= 4 is 17.9 Å². The van der Waals surface area contributed by atoms with Crippen LogP contribution in [0.4, 0.5) is 0 Å². The molecule has 342 valence electrons. The number of carbonyl (C=O) groups is 3. The molecule has 0 rings (SSSR count). The van der Waals surface area contributed by atoms with Gasteiger partial charge in [0.15, 0.2) is 6.10 Å². The first-order valence-corrected chi connectivity index (χ1v) is 24.0. The number of unbranched alkanes of at least 4 members (excludes halogenated alkanes) is 10. The molecule has 0 bridgehead atoms. The zero-order valence-corrected chi connectivity index (χ0v) is 38.9. The first-order valence-electron chi connectivity index (χ1n) is 24.0. The van der Waals surface area contributed by atoms with Gasteiger partial charge in [0.05, 0.1) is 0 Å². The molecule has 61 heavy (non-hydrogen) atoms. The largest absolute Gasteiger partial charge is 0.462 e. The molecule has 6 heteroatoms. The van der Waals surface area contributed by atoms with Gasteiger partial charge in [-0.05, 0) is 122 Å². The first-order chi connectivity index (χ1) is 30.0. The summed E-state index contributed by atoms with van der Waals surface area (Å²) in [7, 11) is 0. The second kappa shape index (κ2) is 48.5. The fourth-order valence-corrected chi connectivity index (χ4v) is 5.93. The van der Waals surface area contributed by atoms with Crippen LogP contribution in [0.25, 0.3) is 0 Å². The van der Waals surface area contributed by atoms with Crippen molar-refractivity contribution in [1.29, 1.82) is 0 Å². The van der Waals surface area contributed by atoms with Crippen LogP contribution in [0.5, 0.6) is 0 Å². The molecular weight excluding hydrogens is 757 g/mol. The Morgan fingerprint density at radius 2 is 0.590 bits per heavy atom. The van der Waals surface area contributed by atoms with Crippen molar-refractivity contribution in [3.05, 3.63) is 122 Å². The third-order valence-corrected chi connectivity index (χ3v) is 9.44. The molecule has 0 heterocycles. The van der Waals surface area contributed by atoms with Crippen molar-refractivity contribution < 1.29 is 28.6 Å². The van der Waals surface area contributed by atoms with Crippen molar-refractivity contribution in [3.8, 4) is 0 Å². The molecule has 0 amide bonds. The van der Waals surface area contributed by atoms with E-state index in [1.165, 1.54) is 12.8 Å². The van der Waals surface area contributed by atoms with Crippen LogP contribution in [0, 0.1) is 0 Å². The monoisotopic (exact) mass is 843 g/mol. The molecule has 1 unspecified atom stereocenters. The van der Waals surface area contributed by atoms with Crippen LogP contribution in [-0.2, 0) is 28.6 Å². The van der Waals surface area contributed by atoms with Gasteiger partial charge in [0.1, 0.15) is 13.2 Å². The minimum Gasteiger partial charge on any atom is -0.462 e. The van der Waals surface area contributed by atoms with E-state index in [1.807, 2.05) is 0 Å². The average Bonchev–Trinajstić information content (AvgIpc) is 3.26. The SMILES string of the molecule is CC/C=C\C/C=C\C/C=C\C/C=C\CCCCCCCCC(=O)OCC(COC(=O)CCCC/C=C\C/C=C\C/C=C\CC)OC(=O)CCCC/C=C\C/C=C\C/C=C\CC. The third-order valence-electron chi connectivity index (χ3n) is 9.44. The summed E-state index contributed by atoms with van der Waals surface area (Å²) in [5.74, 6) is -1.02. The third kappa shape index (κ3) is 46.7. The molecule has 0 radical (unpaired) electrons. The molecule has 0 aromatic carbocycles. The molecule has 0 fully saturated rings. The normalized spacial score (nSPS) is 13.2. The maximum atomic E-state index is 12.7. The Morgan fingerprint density at radius 3 is 0.951 bits per heavy atom. The van der Waals surface area contributed by atoms with Crippen LogP contribution in [-0.4, -0.2) is 37.2 Å². The molecule has 6 nitrogen and oxygen atoms in total. The van der Waals surface area contributed by atoms with Crippen LogP contribution in [0.15, 0.2) is 122 Å². The van der Waals surface area contributed by atoms with Gasteiger partial charge >= 0.3 is 17.9 Å². The maximum absolute atomic E-state index is 12.7. The van der Waals surface area contributed by atoms with Crippen LogP contribution in [0.2, 0.25) is 0 Å². The summed E-state index contributed by atoms with van der Waals surface area (Å²) in [5, 5.41) is 0. The molecule has 0 spiro atoms. The summed E-state index contributed by atoms with van der Waals surface area (Å²) in [6.45, 7) is 6.18. The van der Waals surface area contributed by atoms with E-state index < -0.39 is 6.10 Å². The lowest BCUT2D eigenvalue weighted by molar-refractivity contribution is -0.167. The smallest absolute Gasteiger partial charge is 0.306 e. The Bertz CT molecular complexity index is 1340. The fourth-order valence-electron chi connectivity index (χ4n) is 5.93. The summed E-state index contributed by atoms with van der Waals surface area (Å²) in [4.78, 5) is 37.8. The van der Waals surface area contributed by atoms with Crippen LogP contribution >= 0.6 is 0 Å².